The van der Waals surface area contributed by atoms with Gasteiger partial charge in [0.05, 0.1) is 0 Å². The Labute approximate surface area is 129 Å². The maximum absolute atomic E-state index is 4.46. The summed E-state index contributed by atoms with van der Waals surface area (Å²) in [5.41, 5.74) is 0.378. The average Bonchev–Trinajstić information content (AvgIpc) is 2.54. The normalized spacial score (nSPS) is 19.5. The first-order valence-electron chi connectivity index (χ1n) is 8.26. The molecule has 1 aromatic heterocycles. The van der Waals surface area contributed by atoms with Crippen LogP contribution in [0.25, 0.3) is 0 Å². The molecule has 0 aromatic carbocycles. The summed E-state index contributed by atoms with van der Waals surface area (Å²) in [4.78, 5) is 9.46. The summed E-state index contributed by atoms with van der Waals surface area (Å²) in [6.45, 7) is 14.7. The van der Waals surface area contributed by atoms with E-state index < -0.39 is 0 Å². The second-order valence-corrected chi connectivity index (χ2v) is 6.40. The largest absolute Gasteiger partial charge is 0.354 e. The first-order valence-corrected chi connectivity index (χ1v) is 8.26. The molecular formula is C17H30N4. The second kappa shape index (κ2) is 7.76. The molecule has 4 heteroatoms. The van der Waals surface area contributed by atoms with Crippen molar-refractivity contribution in [1.29, 1.82) is 0 Å². The fourth-order valence-corrected chi connectivity index (χ4v) is 2.94. The summed E-state index contributed by atoms with van der Waals surface area (Å²) in [6.07, 6.45) is 3.10. The van der Waals surface area contributed by atoms with Crippen LogP contribution in [0.3, 0.4) is 0 Å². The molecule has 1 fully saturated rings. The summed E-state index contributed by atoms with van der Waals surface area (Å²) in [6, 6.07) is 6.16. The molecule has 0 radical (unpaired) electrons. The van der Waals surface area contributed by atoms with Crippen molar-refractivity contribution in [2.24, 2.45) is 5.41 Å². The lowest BCUT2D eigenvalue weighted by atomic mass is 9.86. The van der Waals surface area contributed by atoms with E-state index in [-0.39, 0.29) is 0 Å². The van der Waals surface area contributed by atoms with Gasteiger partial charge in [0.1, 0.15) is 5.82 Å². The van der Waals surface area contributed by atoms with Crippen LogP contribution < -0.4 is 10.2 Å². The number of aromatic nitrogens is 1. The van der Waals surface area contributed by atoms with Crippen molar-refractivity contribution < 1.29 is 0 Å². The highest BCUT2D eigenvalue weighted by Crippen LogP contribution is 2.23. The predicted octanol–water partition coefficient (Wildman–Crippen LogP) is 2.23. The third-order valence-corrected chi connectivity index (χ3v) is 4.61. The van der Waals surface area contributed by atoms with Gasteiger partial charge in [-0.1, -0.05) is 26.8 Å². The number of rotatable bonds is 7. The Bertz CT molecular complexity index is 401. The summed E-state index contributed by atoms with van der Waals surface area (Å²) < 4.78 is 0. The lowest BCUT2D eigenvalue weighted by molar-refractivity contribution is 0.149. The Morgan fingerprint density at radius 2 is 1.95 bits per heavy atom. The molecule has 0 bridgehead atoms. The molecule has 4 nitrogen and oxygen atoms in total. The summed E-state index contributed by atoms with van der Waals surface area (Å²) in [5, 5.41) is 3.52. The fourth-order valence-electron chi connectivity index (χ4n) is 2.94. The van der Waals surface area contributed by atoms with Gasteiger partial charge in [-0.3, -0.25) is 4.90 Å². The number of pyridine rings is 1. The molecule has 118 valence electrons. The van der Waals surface area contributed by atoms with E-state index in [1.54, 1.807) is 0 Å². The van der Waals surface area contributed by atoms with Crippen molar-refractivity contribution in [2.45, 2.75) is 27.2 Å². The predicted molar refractivity (Wildman–Crippen MR) is 89.8 cm³/mol. The van der Waals surface area contributed by atoms with Gasteiger partial charge in [-0.15, -0.1) is 0 Å². The fraction of sp³-hybridized carbons (Fsp3) is 0.706. The minimum Gasteiger partial charge on any atom is -0.354 e. The lowest BCUT2D eigenvalue weighted by Crippen LogP contribution is -2.51. The Morgan fingerprint density at radius 3 is 2.52 bits per heavy atom. The maximum Gasteiger partial charge on any atom is 0.128 e. The Kier molecular flexibility index (Phi) is 6.00. The van der Waals surface area contributed by atoms with Gasteiger partial charge in [-0.25, -0.2) is 4.98 Å². The summed E-state index contributed by atoms with van der Waals surface area (Å²) >= 11 is 0. The first-order chi connectivity index (χ1) is 10.2. The van der Waals surface area contributed by atoms with Crippen molar-refractivity contribution in [1.82, 2.24) is 15.2 Å². The van der Waals surface area contributed by atoms with E-state index in [1.807, 2.05) is 12.3 Å². The molecule has 21 heavy (non-hydrogen) atoms. The van der Waals surface area contributed by atoms with Gasteiger partial charge in [-0.2, -0.15) is 0 Å². The van der Waals surface area contributed by atoms with Gasteiger partial charge in [-0.05, 0) is 30.5 Å². The molecule has 2 heterocycles. The third-order valence-electron chi connectivity index (χ3n) is 4.61. The van der Waals surface area contributed by atoms with Crippen LogP contribution in [-0.2, 0) is 0 Å². The van der Waals surface area contributed by atoms with Gasteiger partial charge in [0.15, 0.2) is 0 Å². The van der Waals surface area contributed by atoms with Gasteiger partial charge in [0.2, 0.25) is 0 Å². The van der Waals surface area contributed by atoms with E-state index >= 15 is 0 Å². The smallest absolute Gasteiger partial charge is 0.128 e. The van der Waals surface area contributed by atoms with E-state index in [4.69, 9.17) is 0 Å². The van der Waals surface area contributed by atoms with Crippen molar-refractivity contribution in [3.05, 3.63) is 24.4 Å². The highest BCUT2D eigenvalue weighted by atomic mass is 15.3. The molecule has 2 rings (SSSR count). The van der Waals surface area contributed by atoms with Crippen molar-refractivity contribution in [3.63, 3.8) is 0 Å². The van der Waals surface area contributed by atoms with Crippen LogP contribution in [0.5, 0.6) is 0 Å². The van der Waals surface area contributed by atoms with E-state index in [9.17, 15) is 0 Å². The molecule has 1 aromatic rings. The van der Waals surface area contributed by atoms with Crippen LogP contribution in [0.4, 0.5) is 5.82 Å². The molecule has 1 aliphatic rings. The Morgan fingerprint density at radius 1 is 1.19 bits per heavy atom. The number of hydrogen-bond acceptors (Lipinski definition) is 4. The van der Waals surface area contributed by atoms with Crippen LogP contribution in [-0.4, -0.2) is 55.7 Å². The number of hydrogen-bond donors (Lipinski definition) is 1. The molecule has 0 saturated carbocycles. The summed E-state index contributed by atoms with van der Waals surface area (Å²) in [7, 11) is 0. The topological polar surface area (TPSA) is 31.4 Å². The quantitative estimate of drug-likeness (QED) is 0.834. The molecule has 1 atom stereocenters. The lowest BCUT2D eigenvalue weighted by Gasteiger charge is -2.40. The zero-order valence-electron chi connectivity index (χ0n) is 13.8. The highest BCUT2D eigenvalue weighted by molar-refractivity contribution is 5.38. The van der Waals surface area contributed by atoms with Gasteiger partial charge in [0, 0.05) is 45.5 Å². The van der Waals surface area contributed by atoms with E-state index in [0.717, 1.165) is 45.1 Å². The minimum absolute atomic E-state index is 0.378. The zero-order valence-corrected chi connectivity index (χ0v) is 13.8. The van der Waals surface area contributed by atoms with Crippen molar-refractivity contribution in [3.8, 4) is 0 Å². The summed E-state index contributed by atoms with van der Waals surface area (Å²) in [5.74, 6) is 1.11. The third kappa shape index (κ3) is 4.68. The molecule has 0 amide bonds. The molecule has 1 saturated heterocycles. The zero-order chi connectivity index (χ0) is 15.1. The van der Waals surface area contributed by atoms with Crippen molar-refractivity contribution in [2.75, 3.05) is 50.7 Å². The maximum atomic E-state index is 4.46. The van der Waals surface area contributed by atoms with Crippen LogP contribution in [0, 0.1) is 5.41 Å². The standard InChI is InChI=1S/C17H30N4/c1-4-17(3,14-18-5-2)15-20-10-12-21(13-11-20)16-8-6-7-9-19-16/h6-9,18H,4-5,10-15H2,1-3H3. The number of nitrogens with one attached hydrogen (secondary N) is 1. The number of nitrogens with zero attached hydrogens (tertiary/aromatic N) is 3. The Balaban J connectivity index is 1.83. The van der Waals surface area contributed by atoms with Crippen LogP contribution in [0.15, 0.2) is 24.4 Å². The highest BCUT2D eigenvalue weighted by Gasteiger charge is 2.27. The molecule has 1 unspecified atom stereocenters. The first kappa shape index (κ1) is 16.2. The molecule has 0 spiro atoms. The monoisotopic (exact) mass is 290 g/mol. The van der Waals surface area contributed by atoms with E-state index in [2.05, 4.69) is 53.0 Å². The van der Waals surface area contributed by atoms with Crippen LogP contribution in [0.1, 0.15) is 27.2 Å². The van der Waals surface area contributed by atoms with Gasteiger partial charge in [0.25, 0.3) is 0 Å². The molecule has 1 N–H and O–H groups in total. The van der Waals surface area contributed by atoms with Gasteiger partial charge >= 0.3 is 0 Å². The average molecular weight is 290 g/mol. The Hall–Kier alpha value is -1.13. The van der Waals surface area contributed by atoms with Crippen LogP contribution >= 0.6 is 0 Å². The second-order valence-electron chi connectivity index (χ2n) is 6.40. The molecule has 1 aliphatic heterocycles. The minimum atomic E-state index is 0.378. The molecular weight excluding hydrogens is 260 g/mol. The van der Waals surface area contributed by atoms with E-state index in [0.29, 0.717) is 5.41 Å². The van der Waals surface area contributed by atoms with Crippen molar-refractivity contribution >= 4 is 5.82 Å². The SMILES string of the molecule is CCNCC(C)(CC)CN1CCN(c2ccccn2)CC1. The molecule has 0 aliphatic carbocycles. The number of anilines is 1. The van der Waals surface area contributed by atoms with Crippen LogP contribution in [0.2, 0.25) is 0 Å². The number of piperazine rings is 1. The van der Waals surface area contributed by atoms with Gasteiger partial charge < -0.3 is 10.2 Å². The van der Waals surface area contributed by atoms with E-state index in [1.165, 1.54) is 13.0 Å².